The average molecular weight is 347 g/mol. The lowest BCUT2D eigenvalue weighted by Gasteiger charge is -2.30. The van der Waals surface area contributed by atoms with E-state index in [1.165, 1.54) is 12.8 Å². The predicted molar refractivity (Wildman–Crippen MR) is 94.5 cm³/mol. The van der Waals surface area contributed by atoms with Crippen molar-refractivity contribution in [2.45, 2.75) is 25.0 Å². The topological polar surface area (TPSA) is 46.9 Å². The molecule has 3 saturated heterocycles. The number of rotatable bonds is 4. The number of fused-ring (bicyclic) bond motifs is 1. The van der Waals surface area contributed by atoms with Crippen LogP contribution in [0.25, 0.3) is 0 Å². The number of amides is 1. The molecule has 0 bridgehead atoms. The predicted octanol–water partition coefficient (Wildman–Crippen LogP) is 1.22. The molecule has 0 N–H and O–H groups in total. The summed E-state index contributed by atoms with van der Waals surface area (Å²) < 4.78 is 13.9. The highest BCUT2D eigenvalue weighted by molar-refractivity contribution is 5.93. The molecule has 0 radical (unpaired) electrons. The van der Waals surface area contributed by atoms with Crippen molar-refractivity contribution in [3.05, 3.63) is 24.0 Å². The van der Waals surface area contributed by atoms with Crippen LogP contribution in [0.4, 0.5) is 0 Å². The molecular weight excluding hydrogens is 318 g/mol. The van der Waals surface area contributed by atoms with E-state index in [1.54, 1.807) is 0 Å². The van der Waals surface area contributed by atoms with Gasteiger partial charge in [-0.25, -0.2) is 0 Å². The van der Waals surface area contributed by atoms with Crippen LogP contribution < -0.4 is 0 Å². The van der Waals surface area contributed by atoms with E-state index < -0.39 is 0 Å². The molecular formula is C19H29N3O3. The molecule has 3 aliphatic heterocycles. The number of carbonyl (C=O) groups excluding carboxylic acids is 1. The second kappa shape index (κ2) is 7.09. The van der Waals surface area contributed by atoms with E-state index >= 15 is 0 Å². The zero-order chi connectivity index (χ0) is 17.4. The Hall–Kier alpha value is -1.37. The van der Waals surface area contributed by atoms with Crippen LogP contribution in [0.15, 0.2) is 18.3 Å². The Kier molecular flexibility index (Phi) is 4.84. The Morgan fingerprint density at radius 2 is 2.08 bits per heavy atom. The van der Waals surface area contributed by atoms with Crippen molar-refractivity contribution >= 4 is 5.91 Å². The standard InChI is InChI=1S/C19H29N3O3/c1-20-8-5-14(6-9-20)11-25-18-10-22(17-13-24-12-15(17)18)19(23)16-4-3-7-21(16)2/h3-4,7,14-15,17-18H,5-6,8-13H2,1-2H3/t15-,17+,18-/m0/s1. The zero-order valence-electron chi connectivity index (χ0n) is 15.3. The van der Waals surface area contributed by atoms with Crippen molar-refractivity contribution < 1.29 is 14.3 Å². The first kappa shape index (κ1) is 17.1. The van der Waals surface area contributed by atoms with Crippen molar-refractivity contribution in [2.24, 2.45) is 18.9 Å². The number of hydrogen-bond donors (Lipinski definition) is 0. The van der Waals surface area contributed by atoms with Gasteiger partial charge < -0.3 is 23.8 Å². The van der Waals surface area contributed by atoms with Gasteiger partial charge >= 0.3 is 0 Å². The second-order valence-corrected chi connectivity index (χ2v) is 7.85. The third-order valence-corrected chi connectivity index (χ3v) is 6.16. The Morgan fingerprint density at radius 1 is 1.28 bits per heavy atom. The van der Waals surface area contributed by atoms with E-state index in [1.807, 2.05) is 34.8 Å². The summed E-state index contributed by atoms with van der Waals surface area (Å²) in [6, 6.07) is 3.96. The lowest BCUT2D eigenvalue weighted by Crippen LogP contribution is -2.39. The van der Waals surface area contributed by atoms with Crippen LogP contribution in [-0.2, 0) is 16.5 Å². The normalized spacial score (nSPS) is 30.8. The van der Waals surface area contributed by atoms with E-state index in [0.29, 0.717) is 31.6 Å². The van der Waals surface area contributed by atoms with Crippen molar-refractivity contribution in [3.8, 4) is 0 Å². The summed E-state index contributed by atoms with van der Waals surface area (Å²) >= 11 is 0. The maximum absolute atomic E-state index is 12.9. The lowest BCUT2D eigenvalue weighted by atomic mass is 9.97. The molecule has 138 valence electrons. The number of aromatic nitrogens is 1. The van der Waals surface area contributed by atoms with Gasteiger partial charge in [0.2, 0.25) is 0 Å². The van der Waals surface area contributed by atoms with Gasteiger partial charge in [0.25, 0.3) is 5.91 Å². The van der Waals surface area contributed by atoms with Crippen LogP contribution in [-0.4, -0.2) is 78.9 Å². The Labute approximate surface area is 149 Å². The van der Waals surface area contributed by atoms with Crippen LogP contribution in [0.3, 0.4) is 0 Å². The number of aryl methyl sites for hydroxylation is 1. The quantitative estimate of drug-likeness (QED) is 0.822. The first-order chi connectivity index (χ1) is 12.1. The maximum Gasteiger partial charge on any atom is 0.270 e. The molecule has 3 atom stereocenters. The molecule has 0 aliphatic carbocycles. The third kappa shape index (κ3) is 3.35. The first-order valence-corrected chi connectivity index (χ1v) is 9.43. The van der Waals surface area contributed by atoms with Gasteiger partial charge in [-0.15, -0.1) is 0 Å². The Morgan fingerprint density at radius 3 is 2.80 bits per heavy atom. The average Bonchev–Trinajstić information content (AvgIpc) is 3.30. The molecule has 3 aliphatic rings. The highest BCUT2D eigenvalue weighted by Gasteiger charge is 2.48. The summed E-state index contributed by atoms with van der Waals surface area (Å²) in [5.74, 6) is 1.06. The van der Waals surface area contributed by atoms with Crippen molar-refractivity contribution in [1.82, 2.24) is 14.4 Å². The van der Waals surface area contributed by atoms with Crippen LogP contribution in [0.5, 0.6) is 0 Å². The van der Waals surface area contributed by atoms with Crippen LogP contribution >= 0.6 is 0 Å². The minimum absolute atomic E-state index is 0.0957. The molecule has 6 heteroatoms. The molecule has 6 nitrogen and oxygen atoms in total. The molecule has 0 saturated carbocycles. The molecule has 0 unspecified atom stereocenters. The summed E-state index contributed by atoms with van der Waals surface area (Å²) in [4.78, 5) is 17.3. The minimum atomic E-state index is 0.0957. The van der Waals surface area contributed by atoms with Gasteiger partial charge in [0.15, 0.2) is 0 Å². The summed E-state index contributed by atoms with van der Waals surface area (Å²) in [6.45, 7) is 5.16. The molecule has 4 heterocycles. The van der Waals surface area contributed by atoms with Crippen molar-refractivity contribution in [1.29, 1.82) is 0 Å². The summed E-state index contributed by atoms with van der Waals surface area (Å²) in [6.07, 6.45) is 4.44. The molecule has 25 heavy (non-hydrogen) atoms. The van der Waals surface area contributed by atoms with Gasteiger partial charge in [-0.2, -0.15) is 0 Å². The fourth-order valence-corrected chi connectivity index (χ4v) is 4.43. The smallest absolute Gasteiger partial charge is 0.270 e. The fraction of sp³-hybridized carbons (Fsp3) is 0.737. The first-order valence-electron chi connectivity index (χ1n) is 9.43. The van der Waals surface area contributed by atoms with Gasteiger partial charge in [0.05, 0.1) is 25.4 Å². The lowest BCUT2D eigenvalue weighted by molar-refractivity contribution is -0.00792. The molecule has 3 fully saturated rings. The SMILES string of the molecule is CN1CCC(CO[C@H]2CN(C(=O)c3cccn3C)[C@@H]3COC[C@H]23)CC1. The monoisotopic (exact) mass is 347 g/mol. The van der Waals surface area contributed by atoms with Gasteiger partial charge in [-0.05, 0) is 51.0 Å². The molecule has 4 rings (SSSR count). The van der Waals surface area contributed by atoms with Crippen LogP contribution in [0.2, 0.25) is 0 Å². The third-order valence-electron chi connectivity index (χ3n) is 6.16. The van der Waals surface area contributed by atoms with E-state index in [2.05, 4.69) is 11.9 Å². The van der Waals surface area contributed by atoms with E-state index in [-0.39, 0.29) is 18.1 Å². The highest BCUT2D eigenvalue weighted by Crippen LogP contribution is 2.34. The molecule has 1 aromatic heterocycles. The second-order valence-electron chi connectivity index (χ2n) is 7.85. The van der Waals surface area contributed by atoms with Crippen molar-refractivity contribution in [2.75, 3.05) is 46.5 Å². The minimum Gasteiger partial charge on any atom is -0.379 e. The molecule has 1 amide bonds. The molecule has 0 aromatic carbocycles. The van der Waals surface area contributed by atoms with Gasteiger partial charge in [-0.1, -0.05) is 0 Å². The van der Waals surface area contributed by atoms with Crippen LogP contribution in [0, 0.1) is 11.8 Å². The summed E-state index contributed by atoms with van der Waals surface area (Å²) in [5, 5.41) is 0. The summed E-state index contributed by atoms with van der Waals surface area (Å²) in [7, 11) is 4.10. The fourth-order valence-electron chi connectivity index (χ4n) is 4.43. The Balaban J connectivity index is 1.39. The molecule has 0 spiro atoms. The van der Waals surface area contributed by atoms with E-state index in [4.69, 9.17) is 9.47 Å². The largest absolute Gasteiger partial charge is 0.379 e. The number of ether oxygens (including phenoxy) is 2. The number of piperidine rings is 1. The van der Waals surface area contributed by atoms with Crippen molar-refractivity contribution in [3.63, 3.8) is 0 Å². The molecule has 1 aromatic rings. The van der Waals surface area contributed by atoms with Gasteiger partial charge in [0, 0.05) is 32.3 Å². The Bertz CT molecular complexity index is 609. The van der Waals surface area contributed by atoms with E-state index in [9.17, 15) is 4.79 Å². The maximum atomic E-state index is 12.9. The zero-order valence-corrected chi connectivity index (χ0v) is 15.3. The number of likely N-dealkylation sites (tertiary alicyclic amines) is 2. The van der Waals surface area contributed by atoms with E-state index in [0.717, 1.165) is 25.4 Å². The number of nitrogens with zero attached hydrogens (tertiary/aromatic N) is 3. The number of hydrogen-bond acceptors (Lipinski definition) is 4. The van der Waals surface area contributed by atoms with Gasteiger partial charge in [0.1, 0.15) is 5.69 Å². The summed E-state index contributed by atoms with van der Waals surface area (Å²) in [5.41, 5.74) is 0.738. The van der Waals surface area contributed by atoms with Gasteiger partial charge in [-0.3, -0.25) is 4.79 Å². The number of carbonyl (C=O) groups is 1. The van der Waals surface area contributed by atoms with Crippen LogP contribution in [0.1, 0.15) is 23.3 Å². The highest BCUT2D eigenvalue weighted by atomic mass is 16.5.